The highest BCUT2D eigenvalue weighted by Gasteiger charge is 2.18. The van der Waals surface area contributed by atoms with Gasteiger partial charge in [-0.3, -0.25) is 0 Å². The molecule has 0 spiro atoms. The van der Waals surface area contributed by atoms with Crippen molar-refractivity contribution in [3.05, 3.63) is 176 Å². The fraction of sp³-hybridized carbons (Fsp3) is 0. The van der Waals surface area contributed by atoms with Gasteiger partial charge in [-0.2, -0.15) is 0 Å². The van der Waals surface area contributed by atoms with Crippen LogP contribution in [0.3, 0.4) is 0 Å². The maximum Gasteiger partial charge on any atom is 0.227 e. The van der Waals surface area contributed by atoms with E-state index in [1.807, 2.05) is 140 Å². The molecule has 0 saturated carbocycles. The Morgan fingerprint density at radius 3 is 1.07 bits per heavy atom. The SMILES string of the molecule is c1ccc(-c2nc(-c3cccc(-c4cccc5oc(-c6ccccc6)nc45)c3)nc(-c3cccc(-c4cccc5oc(-c6ccccc6)nc45)c3)n2)cc1. The lowest BCUT2D eigenvalue weighted by molar-refractivity contribution is 0.619. The van der Waals surface area contributed by atoms with Gasteiger partial charge in [0.05, 0.1) is 0 Å². The van der Waals surface area contributed by atoms with E-state index in [0.717, 1.165) is 72.3 Å². The highest BCUT2D eigenvalue weighted by atomic mass is 16.4. The lowest BCUT2D eigenvalue weighted by Gasteiger charge is -2.11. The molecule has 0 atom stereocenters. The number of hydrogen-bond acceptors (Lipinski definition) is 7. The summed E-state index contributed by atoms with van der Waals surface area (Å²) in [6, 6.07) is 58.4. The standard InChI is InChI=1S/C47H29N5O2/c1-4-14-30(15-5-1)43-50-44(35-22-10-20-33(28-35)37-24-12-26-39-41(37)48-46(53-39)31-16-6-2-7-17-31)52-45(51-43)36-23-11-21-34(29-36)38-25-13-27-40-42(38)49-47(54-40)32-18-8-3-9-19-32/h1-29H. The van der Waals surface area contributed by atoms with Gasteiger partial charge in [0.25, 0.3) is 0 Å². The van der Waals surface area contributed by atoms with Crippen molar-refractivity contribution in [3.63, 3.8) is 0 Å². The number of rotatable bonds is 7. The van der Waals surface area contributed by atoms with Crippen LogP contribution in [-0.4, -0.2) is 24.9 Å². The van der Waals surface area contributed by atoms with Gasteiger partial charge in [-0.15, -0.1) is 0 Å². The van der Waals surface area contributed by atoms with Gasteiger partial charge in [0.15, 0.2) is 28.6 Å². The molecule has 0 aliphatic heterocycles. The van der Waals surface area contributed by atoms with Crippen molar-refractivity contribution in [2.24, 2.45) is 0 Å². The summed E-state index contributed by atoms with van der Waals surface area (Å²) < 4.78 is 12.4. The fourth-order valence-corrected chi connectivity index (χ4v) is 6.77. The molecule has 0 saturated heterocycles. The van der Waals surface area contributed by atoms with Crippen LogP contribution in [0, 0.1) is 0 Å². The number of hydrogen-bond donors (Lipinski definition) is 0. The van der Waals surface area contributed by atoms with E-state index in [-0.39, 0.29) is 0 Å². The average Bonchev–Trinajstić information content (AvgIpc) is 3.90. The first-order chi connectivity index (χ1) is 26.7. The van der Waals surface area contributed by atoms with Gasteiger partial charge in [-0.1, -0.05) is 127 Å². The molecule has 0 unspecified atom stereocenters. The molecular formula is C47H29N5O2. The predicted molar refractivity (Wildman–Crippen MR) is 213 cm³/mol. The van der Waals surface area contributed by atoms with Crippen LogP contribution >= 0.6 is 0 Å². The summed E-state index contributed by atoms with van der Waals surface area (Å²) in [5.41, 5.74) is 11.4. The molecule has 7 heteroatoms. The Kier molecular flexibility index (Phi) is 7.66. The molecule has 0 bridgehead atoms. The summed E-state index contributed by atoms with van der Waals surface area (Å²) in [7, 11) is 0. The number of fused-ring (bicyclic) bond motifs is 2. The van der Waals surface area contributed by atoms with E-state index in [4.69, 9.17) is 33.8 Å². The minimum absolute atomic E-state index is 0.564. The van der Waals surface area contributed by atoms with Crippen LogP contribution in [0.4, 0.5) is 0 Å². The maximum atomic E-state index is 6.19. The van der Waals surface area contributed by atoms with Crippen molar-refractivity contribution < 1.29 is 8.83 Å². The Morgan fingerprint density at radius 1 is 0.278 bits per heavy atom. The summed E-state index contributed by atoms with van der Waals surface area (Å²) in [5, 5.41) is 0. The molecule has 0 aliphatic carbocycles. The van der Waals surface area contributed by atoms with Crippen LogP contribution in [-0.2, 0) is 0 Å². The molecule has 0 amide bonds. The quantitative estimate of drug-likeness (QED) is 0.164. The van der Waals surface area contributed by atoms with Crippen molar-refractivity contribution in [2.75, 3.05) is 0 Å². The summed E-state index contributed by atoms with van der Waals surface area (Å²) in [6.07, 6.45) is 0. The second-order valence-electron chi connectivity index (χ2n) is 12.9. The van der Waals surface area contributed by atoms with E-state index in [1.165, 1.54) is 0 Å². The van der Waals surface area contributed by atoms with Crippen molar-refractivity contribution in [3.8, 4) is 79.3 Å². The second-order valence-corrected chi connectivity index (χ2v) is 12.9. The molecule has 0 N–H and O–H groups in total. The zero-order chi connectivity index (χ0) is 35.8. The highest BCUT2D eigenvalue weighted by molar-refractivity contribution is 5.94. The van der Waals surface area contributed by atoms with Gasteiger partial charge in [0, 0.05) is 38.9 Å². The molecule has 254 valence electrons. The van der Waals surface area contributed by atoms with Crippen LogP contribution in [0.2, 0.25) is 0 Å². The minimum Gasteiger partial charge on any atom is -0.436 e. The van der Waals surface area contributed by atoms with Crippen LogP contribution in [0.1, 0.15) is 0 Å². The Bertz CT molecular complexity index is 2760. The van der Waals surface area contributed by atoms with Gasteiger partial charge in [-0.05, 0) is 59.7 Å². The van der Waals surface area contributed by atoms with E-state index in [9.17, 15) is 0 Å². The molecule has 3 aromatic heterocycles. The fourth-order valence-electron chi connectivity index (χ4n) is 6.77. The average molecular weight is 696 g/mol. The summed E-state index contributed by atoms with van der Waals surface area (Å²) in [6.45, 7) is 0. The van der Waals surface area contributed by atoms with E-state index in [0.29, 0.717) is 29.3 Å². The Hall–Kier alpha value is -7.51. The molecule has 10 rings (SSSR count). The van der Waals surface area contributed by atoms with Crippen LogP contribution < -0.4 is 0 Å². The van der Waals surface area contributed by atoms with Crippen LogP contribution in [0.5, 0.6) is 0 Å². The van der Waals surface area contributed by atoms with Crippen molar-refractivity contribution in [1.29, 1.82) is 0 Å². The van der Waals surface area contributed by atoms with Crippen molar-refractivity contribution in [2.45, 2.75) is 0 Å². The third-order valence-electron chi connectivity index (χ3n) is 9.41. The van der Waals surface area contributed by atoms with Gasteiger partial charge in [-0.25, -0.2) is 24.9 Å². The molecule has 0 fully saturated rings. The zero-order valence-corrected chi connectivity index (χ0v) is 28.8. The van der Waals surface area contributed by atoms with Crippen LogP contribution in [0.25, 0.3) is 102 Å². The first-order valence-electron chi connectivity index (χ1n) is 17.7. The van der Waals surface area contributed by atoms with E-state index < -0.39 is 0 Å². The molecule has 0 aliphatic rings. The van der Waals surface area contributed by atoms with E-state index in [2.05, 4.69) is 36.4 Å². The summed E-state index contributed by atoms with van der Waals surface area (Å²) in [5.74, 6) is 2.89. The number of benzene rings is 7. The van der Waals surface area contributed by atoms with Crippen molar-refractivity contribution in [1.82, 2.24) is 24.9 Å². The molecule has 10 aromatic rings. The monoisotopic (exact) mass is 695 g/mol. The Morgan fingerprint density at radius 2 is 0.630 bits per heavy atom. The second kappa shape index (κ2) is 13.2. The predicted octanol–water partition coefficient (Wildman–Crippen LogP) is 11.8. The lowest BCUT2D eigenvalue weighted by Crippen LogP contribution is -2.00. The van der Waals surface area contributed by atoms with Crippen molar-refractivity contribution >= 4 is 22.2 Å². The number of oxazole rings is 2. The maximum absolute atomic E-state index is 6.19. The largest absolute Gasteiger partial charge is 0.436 e. The highest BCUT2D eigenvalue weighted by Crippen LogP contribution is 2.36. The Labute approximate surface area is 310 Å². The topological polar surface area (TPSA) is 90.7 Å². The lowest BCUT2D eigenvalue weighted by atomic mass is 10.0. The first-order valence-corrected chi connectivity index (χ1v) is 17.7. The molecule has 7 aromatic carbocycles. The van der Waals surface area contributed by atoms with Gasteiger partial charge < -0.3 is 8.83 Å². The van der Waals surface area contributed by atoms with E-state index in [1.54, 1.807) is 0 Å². The zero-order valence-electron chi connectivity index (χ0n) is 28.8. The minimum atomic E-state index is 0.564. The normalized spacial score (nSPS) is 11.3. The Balaban J connectivity index is 1.07. The third kappa shape index (κ3) is 5.80. The smallest absolute Gasteiger partial charge is 0.227 e. The van der Waals surface area contributed by atoms with Gasteiger partial charge >= 0.3 is 0 Å². The molecule has 0 radical (unpaired) electrons. The summed E-state index contributed by atoms with van der Waals surface area (Å²) in [4.78, 5) is 25.0. The molecule has 54 heavy (non-hydrogen) atoms. The van der Waals surface area contributed by atoms with Gasteiger partial charge in [0.2, 0.25) is 11.8 Å². The number of para-hydroxylation sites is 2. The van der Waals surface area contributed by atoms with E-state index >= 15 is 0 Å². The molecular weight excluding hydrogens is 667 g/mol. The van der Waals surface area contributed by atoms with Gasteiger partial charge in [0.1, 0.15) is 11.0 Å². The number of aromatic nitrogens is 5. The number of nitrogens with zero attached hydrogens (tertiary/aromatic N) is 5. The van der Waals surface area contributed by atoms with Crippen LogP contribution in [0.15, 0.2) is 185 Å². The third-order valence-corrected chi connectivity index (χ3v) is 9.41. The molecule has 7 nitrogen and oxygen atoms in total. The summed E-state index contributed by atoms with van der Waals surface area (Å²) >= 11 is 0. The molecule has 3 heterocycles. The first kappa shape index (κ1) is 31.2.